The third-order valence-electron chi connectivity index (χ3n) is 8.55. The molecule has 2 fully saturated rings. The van der Waals surface area contributed by atoms with Crippen molar-refractivity contribution in [2.75, 3.05) is 7.11 Å². The van der Waals surface area contributed by atoms with Crippen LogP contribution in [0.3, 0.4) is 0 Å². The Morgan fingerprint density at radius 1 is 0.903 bits per heavy atom. The lowest BCUT2D eigenvalue weighted by Gasteiger charge is -2.47. The van der Waals surface area contributed by atoms with Gasteiger partial charge in [0.25, 0.3) is 0 Å². The van der Waals surface area contributed by atoms with Gasteiger partial charge in [-0.2, -0.15) is 0 Å². The van der Waals surface area contributed by atoms with Gasteiger partial charge < -0.3 is 9.84 Å². The van der Waals surface area contributed by atoms with Crippen LogP contribution in [-0.2, 0) is 17.6 Å². The Morgan fingerprint density at radius 2 is 1.45 bits per heavy atom. The van der Waals surface area contributed by atoms with Gasteiger partial charge in [-0.15, -0.1) is 0 Å². The molecule has 1 N–H and O–H groups in total. The van der Waals surface area contributed by atoms with E-state index in [1.807, 2.05) is 7.11 Å². The number of hydrogen-bond acceptors (Lipinski definition) is 3. The first-order chi connectivity index (χ1) is 14.6. The van der Waals surface area contributed by atoms with Crippen LogP contribution >= 0.6 is 0 Å². The van der Waals surface area contributed by atoms with Crippen LogP contribution in [0.25, 0.3) is 0 Å². The summed E-state index contributed by atoms with van der Waals surface area (Å²) in [5.74, 6) is 3.28. The minimum absolute atomic E-state index is 0.131. The lowest BCUT2D eigenvalue weighted by atomic mass is 9.65. The first kappa shape index (κ1) is 24.7. The highest BCUT2D eigenvalue weighted by atomic mass is 16.5. The SMILES string of the molecule is CO[C@@]1(Cc2cccc(C[C@]3(O)C[C@H](C)CC[C@H]3C(C)C)n2)C[C@H](C)CC[C@H]1C(C)C. The molecule has 0 unspecified atom stereocenters. The minimum Gasteiger partial charge on any atom is -0.389 e. The number of nitrogens with zero attached hydrogens (tertiary/aromatic N) is 1. The Hall–Kier alpha value is -0.930. The van der Waals surface area contributed by atoms with Crippen molar-refractivity contribution in [1.82, 2.24) is 4.98 Å². The molecule has 6 atom stereocenters. The zero-order valence-corrected chi connectivity index (χ0v) is 21.2. The molecule has 0 bridgehead atoms. The van der Waals surface area contributed by atoms with Crippen molar-refractivity contribution in [3.05, 3.63) is 29.6 Å². The second-order valence-corrected chi connectivity index (χ2v) is 11.8. The van der Waals surface area contributed by atoms with Gasteiger partial charge in [-0.1, -0.05) is 60.5 Å². The molecule has 2 aliphatic carbocycles. The van der Waals surface area contributed by atoms with E-state index < -0.39 is 5.60 Å². The quantitative estimate of drug-likeness (QED) is 0.540. The van der Waals surface area contributed by atoms with E-state index in [1.165, 1.54) is 19.3 Å². The van der Waals surface area contributed by atoms with Gasteiger partial charge >= 0.3 is 0 Å². The van der Waals surface area contributed by atoms with Crippen LogP contribution in [0.2, 0.25) is 0 Å². The molecule has 0 saturated heterocycles. The van der Waals surface area contributed by atoms with E-state index in [0.29, 0.717) is 41.9 Å². The Morgan fingerprint density at radius 3 is 2.03 bits per heavy atom. The van der Waals surface area contributed by atoms with E-state index >= 15 is 0 Å². The number of aliphatic hydroxyl groups is 1. The largest absolute Gasteiger partial charge is 0.389 e. The number of methoxy groups -OCH3 is 1. The summed E-state index contributed by atoms with van der Waals surface area (Å²) in [6.07, 6.45) is 8.40. The molecule has 2 aliphatic rings. The summed E-state index contributed by atoms with van der Waals surface area (Å²) in [7, 11) is 1.90. The molecule has 2 saturated carbocycles. The molecular formula is C28H47NO2. The summed E-state index contributed by atoms with van der Waals surface area (Å²) in [6, 6.07) is 6.41. The average Bonchev–Trinajstić information content (AvgIpc) is 2.67. The van der Waals surface area contributed by atoms with Gasteiger partial charge in [-0.05, 0) is 73.3 Å². The van der Waals surface area contributed by atoms with Crippen LogP contribution in [0.5, 0.6) is 0 Å². The number of rotatable bonds is 7. The molecular weight excluding hydrogens is 382 g/mol. The second kappa shape index (κ2) is 9.91. The smallest absolute Gasteiger partial charge is 0.0766 e. The van der Waals surface area contributed by atoms with Crippen molar-refractivity contribution in [3.8, 4) is 0 Å². The van der Waals surface area contributed by atoms with Crippen molar-refractivity contribution >= 4 is 0 Å². The molecule has 0 radical (unpaired) electrons. The molecule has 1 aromatic rings. The van der Waals surface area contributed by atoms with Gasteiger partial charge in [0.15, 0.2) is 0 Å². The molecule has 3 rings (SSSR count). The summed E-state index contributed by atoms with van der Waals surface area (Å²) < 4.78 is 6.31. The van der Waals surface area contributed by atoms with Crippen molar-refractivity contribution < 1.29 is 9.84 Å². The highest BCUT2D eigenvalue weighted by molar-refractivity contribution is 5.17. The highest BCUT2D eigenvalue weighted by Crippen LogP contribution is 2.45. The fourth-order valence-electron chi connectivity index (χ4n) is 7.11. The number of ether oxygens (including phenoxy) is 1. The van der Waals surface area contributed by atoms with Crippen molar-refractivity contribution in [3.63, 3.8) is 0 Å². The molecule has 1 aromatic heterocycles. The summed E-state index contributed by atoms with van der Waals surface area (Å²) in [4.78, 5) is 5.10. The number of hydrogen-bond donors (Lipinski definition) is 1. The summed E-state index contributed by atoms with van der Waals surface area (Å²) in [5, 5.41) is 11.7. The standard InChI is InChI=1S/C28H47NO2/c1-19(2)25-13-11-21(5)15-27(25,30)17-23-9-8-10-24(29-23)18-28(31-7)16-22(6)12-14-26(28)20(3)4/h8-10,19-22,25-26,30H,11-18H2,1-7H3/t21-,22-,25+,26+,27-,28-/m1/s1. The Labute approximate surface area is 191 Å². The van der Waals surface area contributed by atoms with Crippen LogP contribution in [0.15, 0.2) is 18.2 Å². The van der Waals surface area contributed by atoms with E-state index in [-0.39, 0.29) is 5.60 Å². The minimum atomic E-state index is -0.643. The topological polar surface area (TPSA) is 42.4 Å². The normalized spacial score (nSPS) is 36.8. The van der Waals surface area contributed by atoms with Gasteiger partial charge in [0.2, 0.25) is 0 Å². The van der Waals surface area contributed by atoms with Crippen LogP contribution in [0.1, 0.15) is 91.5 Å². The van der Waals surface area contributed by atoms with E-state index in [2.05, 4.69) is 59.7 Å². The third-order valence-corrected chi connectivity index (χ3v) is 8.55. The molecule has 0 spiro atoms. The molecule has 3 nitrogen and oxygen atoms in total. The summed E-state index contributed by atoms with van der Waals surface area (Å²) in [6.45, 7) is 13.8. The lowest BCUT2D eigenvalue weighted by Crippen LogP contribution is -2.49. The van der Waals surface area contributed by atoms with Crippen molar-refractivity contribution in [2.45, 2.75) is 104 Å². The van der Waals surface area contributed by atoms with Gasteiger partial charge in [0, 0.05) is 31.3 Å². The molecule has 0 aromatic carbocycles. The maximum absolute atomic E-state index is 11.7. The van der Waals surface area contributed by atoms with Crippen molar-refractivity contribution in [1.29, 1.82) is 0 Å². The predicted molar refractivity (Wildman–Crippen MR) is 129 cm³/mol. The highest BCUT2D eigenvalue weighted by Gasteiger charge is 2.45. The van der Waals surface area contributed by atoms with Gasteiger partial charge in [0.05, 0.1) is 11.2 Å². The van der Waals surface area contributed by atoms with E-state index in [1.54, 1.807) is 0 Å². The van der Waals surface area contributed by atoms with Crippen LogP contribution in [0, 0.1) is 35.5 Å². The Kier molecular flexibility index (Phi) is 7.90. The predicted octanol–water partition coefficient (Wildman–Crippen LogP) is 6.47. The van der Waals surface area contributed by atoms with E-state index in [9.17, 15) is 5.11 Å². The molecule has 0 aliphatic heterocycles. The number of aromatic nitrogens is 1. The Bertz CT molecular complexity index is 717. The maximum atomic E-state index is 11.7. The summed E-state index contributed by atoms with van der Waals surface area (Å²) in [5.41, 5.74) is 1.38. The van der Waals surface area contributed by atoms with E-state index in [4.69, 9.17) is 9.72 Å². The molecule has 3 heteroatoms. The van der Waals surface area contributed by atoms with Crippen LogP contribution in [0.4, 0.5) is 0 Å². The van der Waals surface area contributed by atoms with Crippen LogP contribution < -0.4 is 0 Å². The van der Waals surface area contributed by atoms with Gasteiger partial charge in [-0.25, -0.2) is 0 Å². The van der Waals surface area contributed by atoms with E-state index in [0.717, 1.165) is 37.1 Å². The van der Waals surface area contributed by atoms with Crippen LogP contribution in [-0.4, -0.2) is 28.4 Å². The van der Waals surface area contributed by atoms with Gasteiger partial charge in [0.1, 0.15) is 0 Å². The Balaban J connectivity index is 1.83. The lowest BCUT2D eigenvalue weighted by molar-refractivity contribution is -0.109. The zero-order chi connectivity index (χ0) is 22.8. The fraction of sp³-hybridized carbons (Fsp3) is 0.821. The van der Waals surface area contributed by atoms with Gasteiger partial charge in [-0.3, -0.25) is 4.98 Å². The fourth-order valence-corrected chi connectivity index (χ4v) is 7.11. The molecule has 176 valence electrons. The average molecular weight is 430 g/mol. The zero-order valence-electron chi connectivity index (χ0n) is 21.2. The maximum Gasteiger partial charge on any atom is 0.0766 e. The summed E-state index contributed by atoms with van der Waals surface area (Å²) >= 11 is 0. The molecule has 1 heterocycles. The first-order valence-corrected chi connectivity index (χ1v) is 12.8. The molecule has 0 amide bonds. The monoisotopic (exact) mass is 429 g/mol. The van der Waals surface area contributed by atoms with Crippen molar-refractivity contribution in [2.24, 2.45) is 35.5 Å². The second-order valence-electron chi connectivity index (χ2n) is 11.8. The molecule has 31 heavy (non-hydrogen) atoms. The number of pyridine rings is 1. The first-order valence-electron chi connectivity index (χ1n) is 12.8. The third kappa shape index (κ3) is 5.53.